The van der Waals surface area contributed by atoms with E-state index < -0.39 is 0 Å². The van der Waals surface area contributed by atoms with Crippen molar-refractivity contribution in [2.45, 2.75) is 6.92 Å². The third-order valence-electron chi connectivity index (χ3n) is 2.90. The third kappa shape index (κ3) is 4.03. The summed E-state index contributed by atoms with van der Waals surface area (Å²) in [5.41, 5.74) is 2.14. The molecule has 2 N–H and O–H groups in total. The Balaban J connectivity index is 2.06. The fourth-order valence-corrected chi connectivity index (χ4v) is 2.09. The molecule has 0 atom stereocenters. The summed E-state index contributed by atoms with van der Waals surface area (Å²) in [6.07, 6.45) is 0. The molecular weight excluding hydrogens is 284 g/mol. The average Bonchev–Trinajstić information content (AvgIpc) is 2.48. The van der Waals surface area contributed by atoms with E-state index in [0.717, 1.165) is 11.4 Å². The summed E-state index contributed by atoms with van der Waals surface area (Å²) < 4.78 is 5.10. The van der Waals surface area contributed by atoms with Crippen LogP contribution in [0.15, 0.2) is 48.5 Å². The molecule has 5 heteroatoms. The maximum atomic E-state index is 11.6. The van der Waals surface area contributed by atoms with Crippen molar-refractivity contribution in [3.8, 4) is 5.75 Å². The van der Waals surface area contributed by atoms with Crippen LogP contribution in [0.1, 0.15) is 17.3 Å². The van der Waals surface area contributed by atoms with E-state index in [1.807, 2.05) is 42.5 Å². The minimum atomic E-state index is -0.00894. The van der Waals surface area contributed by atoms with Gasteiger partial charge in [-0.3, -0.25) is 4.79 Å². The van der Waals surface area contributed by atoms with Crippen molar-refractivity contribution in [3.63, 3.8) is 0 Å². The van der Waals surface area contributed by atoms with Crippen LogP contribution in [0.4, 0.5) is 11.4 Å². The number of benzene rings is 2. The van der Waals surface area contributed by atoms with Crippen molar-refractivity contribution in [2.24, 2.45) is 0 Å². The summed E-state index contributed by atoms with van der Waals surface area (Å²) in [5, 5.41) is 6.52. The molecule has 2 aromatic rings. The summed E-state index contributed by atoms with van der Waals surface area (Å²) in [6, 6.07) is 14.7. The van der Waals surface area contributed by atoms with E-state index in [0.29, 0.717) is 16.4 Å². The van der Waals surface area contributed by atoms with Gasteiger partial charge in [-0.15, -0.1) is 0 Å². The molecule has 0 aliphatic heterocycles. The summed E-state index contributed by atoms with van der Waals surface area (Å²) in [5.74, 6) is 0.770. The quantitative estimate of drug-likeness (QED) is 0.666. The number of carbonyl (C=O) groups excluding carboxylic acids is 1. The minimum absolute atomic E-state index is 0.00894. The van der Waals surface area contributed by atoms with Gasteiger partial charge in [-0.1, -0.05) is 12.1 Å². The van der Waals surface area contributed by atoms with Crippen LogP contribution in [0.5, 0.6) is 5.75 Å². The summed E-state index contributed by atoms with van der Waals surface area (Å²) in [6.45, 7) is 1.53. The first-order chi connectivity index (χ1) is 10.1. The largest absolute Gasteiger partial charge is 0.497 e. The molecule has 108 valence electrons. The number of anilines is 2. The smallest absolute Gasteiger partial charge is 0.175 e. The normalized spacial score (nSPS) is 9.81. The second-order valence-electron chi connectivity index (χ2n) is 4.41. The fourth-order valence-electron chi connectivity index (χ4n) is 1.86. The first kappa shape index (κ1) is 15.0. The molecule has 0 fully saturated rings. The van der Waals surface area contributed by atoms with Gasteiger partial charge in [0.15, 0.2) is 10.9 Å². The van der Waals surface area contributed by atoms with Crippen molar-refractivity contribution in [1.29, 1.82) is 0 Å². The number of nitrogens with one attached hydrogen (secondary N) is 2. The van der Waals surface area contributed by atoms with Gasteiger partial charge in [0.05, 0.1) is 12.8 Å². The molecule has 0 bridgehead atoms. The van der Waals surface area contributed by atoms with Gasteiger partial charge in [0.1, 0.15) is 5.75 Å². The Kier molecular flexibility index (Phi) is 4.90. The van der Waals surface area contributed by atoms with E-state index in [9.17, 15) is 4.79 Å². The van der Waals surface area contributed by atoms with Crippen molar-refractivity contribution in [2.75, 3.05) is 17.7 Å². The number of rotatable bonds is 4. The van der Waals surface area contributed by atoms with Gasteiger partial charge in [0.25, 0.3) is 0 Å². The van der Waals surface area contributed by atoms with E-state index in [1.54, 1.807) is 13.2 Å². The van der Waals surface area contributed by atoms with Gasteiger partial charge in [-0.05, 0) is 55.5 Å². The molecule has 0 spiro atoms. The molecule has 2 rings (SSSR count). The Morgan fingerprint density at radius 1 is 1.05 bits per heavy atom. The second-order valence-corrected chi connectivity index (χ2v) is 4.82. The zero-order valence-electron chi connectivity index (χ0n) is 11.8. The van der Waals surface area contributed by atoms with Gasteiger partial charge in [0, 0.05) is 11.3 Å². The van der Waals surface area contributed by atoms with E-state index in [1.165, 1.54) is 6.92 Å². The maximum Gasteiger partial charge on any atom is 0.175 e. The molecule has 2 aromatic carbocycles. The van der Waals surface area contributed by atoms with Crippen LogP contribution in [0.25, 0.3) is 0 Å². The molecule has 0 aromatic heterocycles. The molecule has 0 saturated heterocycles. The molecule has 0 radical (unpaired) electrons. The number of hydrogen-bond acceptors (Lipinski definition) is 3. The average molecular weight is 300 g/mol. The van der Waals surface area contributed by atoms with E-state index >= 15 is 0 Å². The summed E-state index contributed by atoms with van der Waals surface area (Å²) in [7, 11) is 1.62. The summed E-state index contributed by atoms with van der Waals surface area (Å²) >= 11 is 5.26. The Morgan fingerprint density at radius 3 is 2.33 bits per heavy atom. The first-order valence-electron chi connectivity index (χ1n) is 6.42. The van der Waals surface area contributed by atoms with Gasteiger partial charge in [0.2, 0.25) is 0 Å². The molecule has 0 aliphatic rings. The van der Waals surface area contributed by atoms with Gasteiger partial charge in [-0.25, -0.2) is 0 Å². The Labute approximate surface area is 129 Å². The first-order valence-corrected chi connectivity index (χ1v) is 6.83. The predicted molar refractivity (Wildman–Crippen MR) is 89.3 cm³/mol. The molecule has 0 saturated carbocycles. The standard InChI is InChI=1S/C16H16N2O2S/c1-11(19)14-5-3-4-6-15(14)18-16(21)17-12-7-9-13(20-2)10-8-12/h3-10H,1-2H3,(H2,17,18,21). The number of Topliss-reactive ketones (excluding diaryl/α,β-unsaturated/α-hetero) is 1. The number of thiocarbonyl (C=S) groups is 1. The number of hydrogen-bond donors (Lipinski definition) is 2. The lowest BCUT2D eigenvalue weighted by molar-refractivity contribution is 0.101. The van der Waals surface area contributed by atoms with Crippen LogP contribution >= 0.6 is 12.2 Å². The van der Waals surface area contributed by atoms with E-state index in [4.69, 9.17) is 17.0 Å². The second kappa shape index (κ2) is 6.85. The third-order valence-corrected chi connectivity index (χ3v) is 3.11. The van der Waals surface area contributed by atoms with Crippen LogP contribution in [-0.4, -0.2) is 18.0 Å². The van der Waals surface area contributed by atoms with Gasteiger partial charge in [-0.2, -0.15) is 0 Å². The predicted octanol–water partition coefficient (Wildman–Crippen LogP) is 3.71. The highest BCUT2D eigenvalue weighted by Gasteiger charge is 2.07. The number of para-hydroxylation sites is 1. The molecule has 21 heavy (non-hydrogen) atoms. The Hall–Kier alpha value is -2.40. The van der Waals surface area contributed by atoms with Crippen LogP contribution < -0.4 is 15.4 Å². The lowest BCUT2D eigenvalue weighted by Gasteiger charge is -2.13. The van der Waals surface area contributed by atoms with E-state index in [-0.39, 0.29) is 5.78 Å². The van der Waals surface area contributed by atoms with Crippen LogP contribution in [0, 0.1) is 0 Å². The van der Waals surface area contributed by atoms with Crippen molar-refractivity contribution < 1.29 is 9.53 Å². The van der Waals surface area contributed by atoms with E-state index in [2.05, 4.69) is 10.6 Å². The molecule has 0 heterocycles. The lowest BCUT2D eigenvalue weighted by Crippen LogP contribution is -2.20. The highest BCUT2D eigenvalue weighted by atomic mass is 32.1. The summed E-state index contributed by atoms with van der Waals surface area (Å²) in [4.78, 5) is 11.6. The van der Waals surface area contributed by atoms with Crippen molar-refractivity contribution in [3.05, 3.63) is 54.1 Å². The Morgan fingerprint density at radius 2 is 1.71 bits per heavy atom. The highest BCUT2D eigenvalue weighted by molar-refractivity contribution is 7.80. The Bertz CT molecular complexity index is 654. The van der Waals surface area contributed by atoms with Crippen LogP contribution in [-0.2, 0) is 0 Å². The van der Waals surface area contributed by atoms with Crippen LogP contribution in [0.3, 0.4) is 0 Å². The highest BCUT2D eigenvalue weighted by Crippen LogP contribution is 2.18. The number of ketones is 1. The zero-order valence-corrected chi connectivity index (χ0v) is 12.7. The molecule has 0 aliphatic carbocycles. The van der Waals surface area contributed by atoms with Gasteiger partial charge >= 0.3 is 0 Å². The topological polar surface area (TPSA) is 50.4 Å². The maximum absolute atomic E-state index is 11.6. The molecule has 0 unspecified atom stereocenters. The van der Waals surface area contributed by atoms with Crippen molar-refractivity contribution in [1.82, 2.24) is 0 Å². The number of ether oxygens (including phenoxy) is 1. The molecule has 4 nitrogen and oxygen atoms in total. The van der Waals surface area contributed by atoms with Gasteiger partial charge < -0.3 is 15.4 Å². The van der Waals surface area contributed by atoms with Crippen molar-refractivity contribution >= 4 is 34.5 Å². The van der Waals surface area contributed by atoms with Crippen LogP contribution in [0.2, 0.25) is 0 Å². The SMILES string of the molecule is COc1ccc(NC(=S)Nc2ccccc2C(C)=O)cc1. The molecular formula is C16H16N2O2S. The minimum Gasteiger partial charge on any atom is -0.497 e. The lowest BCUT2D eigenvalue weighted by atomic mass is 10.1. The number of methoxy groups -OCH3 is 1. The molecule has 0 amide bonds. The fraction of sp³-hybridized carbons (Fsp3) is 0.125. The monoisotopic (exact) mass is 300 g/mol. The zero-order chi connectivity index (χ0) is 15.2. The number of carbonyl (C=O) groups is 1.